The van der Waals surface area contributed by atoms with Gasteiger partial charge in [-0.3, -0.25) is 4.79 Å². The van der Waals surface area contributed by atoms with Crippen LogP contribution in [0.4, 0.5) is 0 Å². The third-order valence-electron chi connectivity index (χ3n) is 3.64. The molecular weight excluding hydrogens is 298 g/mol. The van der Waals surface area contributed by atoms with E-state index in [1.54, 1.807) is 6.20 Å². The summed E-state index contributed by atoms with van der Waals surface area (Å²) in [6.07, 6.45) is 1.08. The molecule has 3 heteroatoms. The van der Waals surface area contributed by atoms with Crippen molar-refractivity contribution in [1.82, 2.24) is 4.98 Å². The van der Waals surface area contributed by atoms with Crippen molar-refractivity contribution < 1.29 is 9.53 Å². The highest BCUT2D eigenvalue weighted by molar-refractivity contribution is 5.76. The number of carbonyl (C=O) groups excluding carboxylic acids is 1. The van der Waals surface area contributed by atoms with Gasteiger partial charge in [0.05, 0.1) is 5.41 Å². The molecule has 3 nitrogen and oxygen atoms in total. The Morgan fingerprint density at radius 3 is 2.29 bits per heavy atom. The van der Waals surface area contributed by atoms with Crippen LogP contribution in [0, 0.1) is 31.1 Å². The van der Waals surface area contributed by atoms with Crippen molar-refractivity contribution in [3.8, 4) is 11.8 Å². The fourth-order valence-electron chi connectivity index (χ4n) is 2.26. The van der Waals surface area contributed by atoms with Gasteiger partial charge in [-0.15, -0.1) is 0 Å². The fourth-order valence-corrected chi connectivity index (χ4v) is 2.26. The number of rotatable bonds is 2. The number of aromatic nitrogens is 1. The molecule has 0 N–H and O–H groups in total. The summed E-state index contributed by atoms with van der Waals surface area (Å²) in [6, 6.07) is 11.6. The summed E-state index contributed by atoms with van der Waals surface area (Å²) < 4.78 is 5.74. The molecule has 1 aromatic heterocycles. The molecule has 0 radical (unpaired) electrons. The lowest BCUT2D eigenvalue weighted by atomic mass is 9.95. The Balaban J connectivity index is 2.43. The zero-order valence-electron chi connectivity index (χ0n) is 14.9. The van der Waals surface area contributed by atoms with E-state index in [1.807, 2.05) is 71.0 Å². The first-order valence-corrected chi connectivity index (χ1v) is 7.99. The van der Waals surface area contributed by atoms with E-state index in [9.17, 15) is 4.79 Å². The SMILES string of the molecule is Cc1cccc(C)c1C(C#Cc1ccccn1)OC(=O)C(C)(C)C. The van der Waals surface area contributed by atoms with Gasteiger partial charge in [0.1, 0.15) is 5.69 Å². The largest absolute Gasteiger partial charge is 0.444 e. The minimum atomic E-state index is -0.611. The van der Waals surface area contributed by atoms with Crippen LogP contribution in [0.15, 0.2) is 42.6 Å². The molecule has 24 heavy (non-hydrogen) atoms. The minimum Gasteiger partial charge on any atom is -0.444 e. The Labute approximate surface area is 144 Å². The predicted octanol–water partition coefficient (Wildman–Crippen LogP) is 4.38. The van der Waals surface area contributed by atoms with Crippen molar-refractivity contribution in [3.63, 3.8) is 0 Å². The average Bonchev–Trinajstić information content (AvgIpc) is 2.52. The lowest BCUT2D eigenvalue weighted by Crippen LogP contribution is -2.25. The highest BCUT2D eigenvalue weighted by Crippen LogP contribution is 2.28. The van der Waals surface area contributed by atoms with Crippen LogP contribution in [0.3, 0.4) is 0 Å². The van der Waals surface area contributed by atoms with Gasteiger partial charge in [0.25, 0.3) is 0 Å². The Hall–Kier alpha value is -2.60. The van der Waals surface area contributed by atoms with E-state index in [0.29, 0.717) is 5.69 Å². The van der Waals surface area contributed by atoms with Crippen LogP contribution in [0.2, 0.25) is 0 Å². The lowest BCUT2D eigenvalue weighted by Gasteiger charge is -2.22. The molecule has 2 rings (SSSR count). The van der Waals surface area contributed by atoms with Gasteiger partial charge in [-0.2, -0.15) is 0 Å². The zero-order valence-corrected chi connectivity index (χ0v) is 14.9. The van der Waals surface area contributed by atoms with E-state index < -0.39 is 11.5 Å². The maximum atomic E-state index is 12.4. The van der Waals surface area contributed by atoms with Crippen molar-refractivity contribution in [2.75, 3.05) is 0 Å². The monoisotopic (exact) mass is 321 g/mol. The van der Waals surface area contributed by atoms with Crippen molar-refractivity contribution in [1.29, 1.82) is 0 Å². The smallest absolute Gasteiger partial charge is 0.312 e. The fraction of sp³-hybridized carbons (Fsp3) is 0.333. The number of benzene rings is 1. The van der Waals surface area contributed by atoms with Gasteiger partial charge < -0.3 is 4.74 Å². The summed E-state index contributed by atoms with van der Waals surface area (Å²) in [5, 5.41) is 0. The molecule has 0 bridgehead atoms. The van der Waals surface area contributed by atoms with Crippen molar-refractivity contribution in [2.24, 2.45) is 5.41 Å². The quantitative estimate of drug-likeness (QED) is 0.608. The molecule has 0 spiro atoms. The number of ether oxygens (including phenoxy) is 1. The van der Waals surface area contributed by atoms with E-state index >= 15 is 0 Å². The normalized spacial score (nSPS) is 12.0. The number of esters is 1. The molecular formula is C21H23NO2. The molecule has 1 aromatic carbocycles. The van der Waals surface area contributed by atoms with Crippen molar-refractivity contribution in [2.45, 2.75) is 40.7 Å². The van der Waals surface area contributed by atoms with Crippen LogP contribution in [-0.4, -0.2) is 11.0 Å². The van der Waals surface area contributed by atoms with Crippen LogP contribution in [0.1, 0.15) is 49.3 Å². The van der Waals surface area contributed by atoms with E-state index in [1.165, 1.54) is 0 Å². The Morgan fingerprint density at radius 1 is 1.08 bits per heavy atom. The average molecular weight is 321 g/mol. The second-order valence-electron chi connectivity index (χ2n) is 6.83. The van der Waals surface area contributed by atoms with Crippen LogP contribution in [-0.2, 0) is 9.53 Å². The molecule has 0 saturated heterocycles. The van der Waals surface area contributed by atoms with E-state index in [0.717, 1.165) is 16.7 Å². The molecule has 1 atom stereocenters. The number of aryl methyl sites for hydroxylation is 2. The minimum absolute atomic E-state index is 0.273. The van der Waals surface area contributed by atoms with Crippen LogP contribution < -0.4 is 0 Å². The summed E-state index contributed by atoms with van der Waals surface area (Å²) in [6.45, 7) is 9.52. The second-order valence-corrected chi connectivity index (χ2v) is 6.83. The number of nitrogens with zero attached hydrogens (tertiary/aromatic N) is 1. The molecule has 1 unspecified atom stereocenters. The third kappa shape index (κ3) is 4.45. The van der Waals surface area contributed by atoms with Gasteiger partial charge in [-0.25, -0.2) is 4.98 Å². The molecule has 0 saturated carbocycles. The molecule has 0 aliphatic heterocycles. The van der Waals surface area contributed by atoms with Gasteiger partial charge in [-0.1, -0.05) is 24.3 Å². The van der Waals surface area contributed by atoms with E-state index in [4.69, 9.17) is 4.74 Å². The highest BCUT2D eigenvalue weighted by Gasteiger charge is 2.27. The first-order chi connectivity index (χ1) is 11.3. The number of pyridine rings is 1. The Bertz CT molecular complexity index is 757. The van der Waals surface area contributed by atoms with Gasteiger partial charge in [0.2, 0.25) is 0 Å². The molecule has 0 aliphatic carbocycles. The van der Waals surface area contributed by atoms with Gasteiger partial charge in [-0.05, 0) is 69.7 Å². The van der Waals surface area contributed by atoms with Crippen molar-refractivity contribution >= 4 is 5.97 Å². The van der Waals surface area contributed by atoms with Gasteiger partial charge in [0, 0.05) is 11.8 Å². The Morgan fingerprint density at radius 2 is 1.75 bits per heavy atom. The van der Waals surface area contributed by atoms with Crippen molar-refractivity contribution in [3.05, 3.63) is 65.0 Å². The standard InChI is InChI=1S/C21H23NO2/c1-15-9-8-10-16(2)19(15)18(24-20(23)21(3,4)5)13-12-17-11-6-7-14-22-17/h6-11,14,18H,1-5H3. The highest BCUT2D eigenvalue weighted by atomic mass is 16.5. The lowest BCUT2D eigenvalue weighted by molar-refractivity contribution is -0.156. The second kappa shape index (κ2) is 7.31. The van der Waals surface area contributed by atoms with Crippen LogP contribution in [0.5, 0.6) is 0 Å². The predicted molar refractivity (Wildman–Crippen MR) is 95.3 cm³/mol. The van der Waals surface area contributed by atoms with Crippen LogP contribution >= 0.6 is 0 Å². The zero-order chi connectivity index (χ0) is 17.7. The van der Waals surface area contributed by atoms with Gasteiger partial charge >= 0.3 is 5.97 Å². The maximum absolute atomic E-state index is 12.4. The molecule has 0 amide bonds. The molecule has 2 aromatic rings. The number of hydrogen-bond donors (Lipinski definition) is 0. The summed E-state index contributed by atoms with van der Waals surface area (Å²) in [5.41, 5.74) is 3.12. The molecule has 1 heterocycles. The third-order valence-corrected chi connectivity index (χ3v) is 3.64. The van der Waals surface area contributed by atoms with E-state index in [-0.39, 0.29) is 5.97 Å². The number of carbonyl (C=O) groups is 1. The van der Waals surface area contributed by atoms with E-state index in [2.05, 4.69) is 16.8 Å². The number of hydrogen-bond acceptors (Lipinski definition) is 3. The maximum Gasteiger partial charge on any atom is 0.312 e. The molecule has 0 aliphatic rings. The van der Waals surface area contributed by atoms with Crippen LogP contribution in [0.25, 0.3) is 0 Å². The summed E-state index contributed by atoms with van der Waals surface area (Å²) >= 11 is 0. The van der Waals surface area contributed by atoms with Gasteiger partial charge in [0.15, 0.2) is 6.10 Å². The molecule has 124 valence electrons. The summed E-state index contributed by atoms with van der Waals surface area (Å²) in [7, 11) is 0. The Kier molecular flexibility index (Phi) is 5.41. The summed E-state index contributed by atoms with van der Waals surface area (Å²) in [4.78, 5) is 16.6. The summed E-state index contributed by atoms with van der Waals surface area (Å²) in [5.74, 6) is 5.82. The first-order valence-electron chi connectivity index (χ1n) is 7.99. The topological polar surface area (TPSA) is 39.2 Å². The first kappa shape index (κ1) is 17.7. The molecule has 0 fully saturated rings.